The molecule has 0 aromatic carbocycles. The molecule has 0 saturated heterocycles. The van der Waals surface area contributed by atoms with Gasteiger partial charge in [-0.25, -0.2) is 0 Å². The van der Waals surface area contributed by atoms with E-state index < -0.39 is 60.4 Å². The van der Waals surface area contributed by atoms with Gasteiger partial charge in [-0.2, -0.15) is 0 Å². The Balaban J connectivity index is 5.80. The molecule has 0 amide bonds. The molecule has 0 rings (SSSR count). The van der Waals surface area contributed by atoms with Gasteiger partial charge in [-0.15, -0.1) is 0 Å². The molecule has 0 saturated carbocycles. The van der Waals surface area contributed by atoms with E-state index in [-0.39, 0.29) is 0 Å². The zero-order chi connectivity index (χ0) is 17.3. The summed E-state index contributed by atoms with van der Waals surface area (Å²) in [4.78, 5) is 68.2. The summed E-state index contributed by atoms with van der Waals surface area (Å²) >= 11 is 0. The van der Waals surface area contributed by atoms with Crippen LogP contribution in [0.2, 0.25) is 0 Å². The Bertz CT molecular complexity index is 494. The van der Waals surface area contributed by atoms with Crippen LogP contribution in [0.1, 0.15) is 12.8 Å². The summed E-state index contributed by atoms with van der Waals surface area (Å²) in [6.45, 7) is 0. The Morgan fingerprint density at radius 2 is 0.810 bits per heavy atom. The van der Waals surface area contributed by atoms with Crippen molar-refractivity contribution < 1.29 is 57.4 Å². The molecule has 0 atom stereocenters. The first-order valence-electron chi connectivity index (χ1n) is 5.12. The second kappa shape index (κ2) is 6.61. The smallest absolute Gasteiger partial charge is 0.324 e. The molecule has 0 bridgehead atoms. The molecule has 21 heavy (non-hydrogen) atoms. The van der Waals surface area contributed by atoms with Gasteiger partial charge in [0.25, 0.3) is 0 Å². The van der Waals surface area contributed by atoms with Crippen LogP contribution in [0.5, 0.6) is 0 Å². The van der Waals surface area contributed by atoms with Crippen LogP contribution in [-0.2, 0) is 18.3 Å². The van der Waals surface area contributed by atoms with Gasteiger partial charge in [0.2, 0.25) is 0 Å². The van der Waals surface area contributed by atoms with Crippen molar-refractivity contribution in [3.63, 3.8) is 0 Å². The van der Waals surface area contributed by atoms with Crippen molar-refractivity contribution in [2.45, 2.75) is 17.7 Å². The van der Waals surface area contributed by atoms with E-state index in [0.29, 0.717) is 0 Å². The van der Waals surface area contributed by atoms with Crippen molar-refractivity contribution in [2.75, 3.05) is 12.3 Å². The molecule has 0 aliphatic carbocycles. The third-order valence-electron chi connectivity index (χ3n) is 2.69. The topological polar surface area (TPSA) is 230 Å². The lowest BCUT2D eigenvalue weighted by Crippen LogP contribution is -2.31. The van der Waals surface area contributed by atoms with Gasteiger partial charge in [0.15, 0.2) is 4.90 Å². The highest BCUT2D eigenvalue weighted by molar-refractivity contribution is 7.72. The first-order chi connectivity index (χ1) is 8.91. The minimum absolute atomic E-state index is 1.26. The van der Waals surface area contributed by atoms with Crippen LogP contribution in [0, 0.1) is 0 Å². The Hall–Kier alpha value is 0.600. The standard InChI is InChI=1S/C5H16O12P4/c6-18(7,8)3-1-5(20(12,13)14,21(15,16)17)2-4-19(9,10)11/h1-4H2,(H2,6,7,8)(H2,9,10,11)(H2,12,13,14)(H2,15,16,17). The minimum Gasteiger partial charge on any atom is -0.324 e. The minimum atomic E-state index is -5.65. The van der Waals surface area contributed by atoms with Crippen LogP contribution in [0.15, 0.2) is 0 Å². The van der Waals surface area contributed by atoms with E-state index in [9.17, 15) is 37.8 Å². The van der Waals surface area contributed by atoms with Gasteiger partial charge in [-0.1, -0.05) is 0 Å². The molecule has 0 radical (unpaired) electrons. The zero-order valence-corrected chi connectivity index (χ0v) is 13.9. The van der Waals surface area contributed by atoms with Gasteiger partial charge < -0.3 is 39.1 Å². The normalized spacial score (nSPS) is 15.2. The van der Waals surface area contributed by atoms with Gasteiger partial charge in [0.1, 0.15) is 0 Å². The quantitative estimate of drug-likeness (QED) is 0.237. The molecule has 0 unspecified atom stereocenters. The third-order valence-corrected chi connectivity index (χ3v) is 8.93. The molecule has 0 aromatic rings. The number of hydrogen-bond donors (Lipinski definition) is 8. The fourth-order valence-corrected chi connectivity index (χ4v) is 6.55. The van der Waals surface area contributed by atoms with Crippen LogP contribution in [0.25, 0.3) is 0 Å². The molecule has 0 aromatic heterocycles. The molecule has 16 heteroatoms. The van der Waals surface area contributed by atoms with Crippen molar-refractivity contribution in [3.8, 4) is 0 Å². The maximum Gasteiger partial charge on any atom is 0.343 e. The van der Waals surface area contributed by atoms with E-state index in [1.54, 1.807) is 0 Å². The monoisotopic (exact) mass is 392 g/mol. The maximum atomic E-state index is 11.4. The van der Waals surface area contributed by atoms with E-state index in [4.69, 9.17) is 19.6 Å². The van der Waals surface area contributed by atoms with E-state index in [0.717, 1.165) is 0 Å². The highest BCUT2D eigenvalue weighted by Crippen LogP contribution is 2.73. The summed E-state index contributed by atoms with van der Waals surface area (Å²) in [7, 11) is -21.0. The van der Waals surface area contributed by atoms with E-state index in [2.05, 4.69) is 0 Å². The lowest BCUT2D eigenvalue weighted by atomic mass is 10.2. The van der Waals surface area contributed by atoms with Crippen LogP contribution < -0.4 is 0 Å². The predicted octanol–water partition coefficient (Wildman–Crippen LogP) is -0.826. The summed E-state index contributed by atoms with van der Waals surface area (Å²) in [6, 6.07) is 0. The summed E-state index contributed by atoms with van der Waals surface area (Å²) in [5.74, 6) is 0. The van der Waals surface area contributed by atoms with Crippen LogP contribution in [0.4, 0.5) is 0 Å². The highest BCUT2D eigenvalue weighted by atomic mass is 31.2. The molecular weight excluding hydrogens is 376 g/mol. The third kappa shape index (κ3) is 6.71. The Morgan fingerprint density at radius 1 is 0.571 bits per heavy atom. The summed E-state index contributed by atoms with van der Waals surface area (Å²) in [5, 5.41) is 0. The van der Waals surface area contributed by atoms with Gasteiger partial charge in [-0.3, -0.25) is 18.3 Å². The molecule has 0 aliphatic rings. The second-order valence-electron chi connectivity index (χ2n) is 4.35. The first kappa shape index (κ1) is 21.6. The van der Waals surface area contributed by atoms with Crippen molar-refractivity contribution in [1.29, 1.82) is 0 Å². The molecule has 8 N–H and O–H groups in total. The Kier molecular flexibility index (Phi) is 6.80. The van der Waals surface area contributed by atoms with Gasteiger partial charge in [0.05, 0.1) is 12.3 Å². The summed E-state index contributed by atoms with van der Waals surface area (Å²) < 4.78 is 44.4. The van der Waals surface area contributed by atoms with Crippen LogP contribution >= 0.6 is 30.4 Å². The average molecular weight is 392 g/mol. The molecule has 0 spiro atoms. The SMILES string of the molecule is O=P(O)(O)CCC(CCP(=O)(O)O)(P(=O)(O)O)P(=O)(O)O. The lowest BCUT2D eigenvalue weighted by Gasteiger charge is -2.34. The summed E-state index contributed by atoms with van der Waals surface area (Å²) in [6.07, 6.45) is -5.12. The van der Waals surface area contributed by atoms with E-state index in [1.807, 2.05) is 0 Å². The molecular formula is C5H16O12P4. The molecule has 0 aliphatic heterocycles. The highest BCUT2D eigenvalue weighted by Gasteiger charge is 2.60. The van der Waals surface area contributed by atoms with Crippen LogP contribution in [-0.4, -0.2) is 56.4 Å². The largest absolute Gasteiger partial charge is 0.343 e. The first-order valence-corrected chi connectivity index (χ1v) is 11.9. The predicted molar refractivity (Wildman–Crippen MR) is 69.9 cm³/mol. The molecule has 0 heterocycles. The van der Waals surface area contributed by atoms with Crippen molar-refractivity contribution in [2.24, 2.45) is 0 Å². The molecule has 128 valence electrons. The van der Waals surface area contributed by atoms with Crippen molar-refractivity contribution in [3.05, 3.63) is 0 Å². The lowest BCUT2D eigenvalue weighted by molar-refractivity contribution is 0.297. The fourth-order valence-electron chi connectivity index (χ4n) is 1.53. The molecule has 0 fully saturated rings. The second-order valence-corrected chi connectivity index (χ2v) is 12.1. The number of hydrogen-bond acceptors (Lipinski definition) is 4. The zero-order valence-electron chi connectivity index (χ0n) is 10.3. The van der Waals surface area contributed by atoms with Gasteiger partial charge in [-0.05, 0) is 12.8 Å². The Labute approximate surface area is 118 Å². The Morgan fingerprint density at radius 3 is 0.952 bits per heavy atom. The van der Waals surface area contributed by atoms with Crippen molar-refractivity contribution in [1.82, 2.24) is 0 Å². The maximum absolute atomic E-state index is 11.4. The number of rotatable bonds is 8. The summed E-state index contributed by atoms with van der Waals surface area (Å²) in [5.41, 5.74) is 0. The van der Waals surface area contributed by atoms with E-state index >= 15 is 0 Å². The fraction of sp³-hybridized carbons (Fsp3) is 1.00. The van der Waals surface area contributed by atoms with Crippen molar-refractivity contribution >= 4 is 30.4 Å². The van der Waals surface area contributed by atoms with Crippen LogP contribution in [0.3, 0.4) is 0 Å². The molecule has 12 nitrogen and oxygen atoms in total. The van der Waals surface area contributed by atoms with E-state index in [1.165, 1.54) is 0 Å². The van der Waals surface area contributed by atoms with Gasteiger partial charge in [0, 0.05) is 0 Å². The van der Waals surface area contributed by atoms with Gasteiger partial charge >= 0.3 is 30.4 Å². The average Bonchev–Trinajstić information content (AvgIpc) is 2.09.